The van der Waals surface area contributed by atoms with Gasteiger partial charge in [-0.3, -0.25) is 0 Å². The van der Waals surface area contributed by atoms with Crippen molar-refractivity contribution in [3.05, 3.63) is 0 Å². The van der Waals surface area contributed by atoms with E-state index < -0.39 is 12.1 Å². The molecule has 0 unspecified atom stereocenters. The fourth-order valence-corrected chi connectivity index (χ4v) is 2.64. The molecule has 1 aliphatic rings. The quantitative estimate of drug-likeness (QED) is 0.827. The third kappa shape index (κ3) is 3.85. The number of aliphatic hydroxyl groups excluding tert-OH is 1. The van der Waals surface area contributed by atoms with Gasteiger partial charge in [-0.15, -0.1) is 0 Å². The molecule has 18 heavy (non-hydrogen) atoms. The zero-order valence-corrected chi connectivity index (χ0v) is 11.3. The smallest absolute Gasteiger partial charge is 0.391 e. The van der Waals surface area contributed by atoms with Crippen LogP contribution in [0.15, 0.2) is 0 Å². The van der Waals surface area contributed by atoms with Gasteiger partial charge < -0.3 is 10.0 Å². The van der Waals surface area contributed by atoms with E-state index in [0.717, 1.165) is 12.8 Å². The van der Waals surface area contributed by atoms with E-state index in [9.17, 15) is 18.3 Å². The highest BCUT2D eigenvalue weighted by molar-refractivity contribution is 4.84. The van der Waals surface area contributed by atoms with E-state index in [1.165, 1.54) is 0 Å². The molecule has 0 bridgehead atoms. The van der Waals surface area contributed by atoms with E-state index in [1.807, 2.05) is 13.8 Å². The molecule has 0 aromatic carbocycles. The maximum absolute atomic E-state index is 12.5. The molecule has 2 nitrogen and oxygen atoms in total. The summed E-state index contributed by atoms with van der Waals surface area (Å²) >= 11 is 0. The molecule has 108 valence electrons. The van der Waals surface area contributed by atoms with E-state index in [1.54, 1.807) is 0 Å². The van der Waals surface area contributed by atoms with Gasteiger partial charge in [0.1, 0.15) is 0 Å². The van der Waals surface area contributed by atoms with Crippen molar-refractivity contribution >= 4 is 0 Å². The fourth-order valence-electron chi connectivity index (χ4n) is 2.64. The van der Waals surface area contributed by atoms with Crippen LogP contribution in [0, 0.1) is 11.3 Å². The first-order valence-electron chi connectivity index (χ1n) is 6.77. The topological polar surface area (TPSA) is 23.5 Å². The number of alkyl halides is 3. The molecule has 1 N–H and O–H groups in total. The van der Waals surface area contributed by atoms with Gasteiger partial charge in [-0.25, -0.2) is 0 Å². The Bertz CT molecular complexity index is 235. The van der Waals surface area contributed by atoms with Crippen LogP contribution in [0.1, 0.15) is 39.5 Å². The molecular weight excluding hydrogens is 243 g/mol. The summed E-state index contributed by atoms with van der Waals surface area (Å²) < 4.78 is 37.6. The number of halogens is 3. The van der Waals surface area contributed by atoms with Crippen LogP contribution in [-0.4, -0.2) is 42.4 Å². The molecule has 0 saturated carbocycles. The number of rotatable bonds is 5. The second kappa shape index (κ2) is 6.24. The monoisotopic (exact) mass is 267 g/mol. The highest BCUT2D eigenvalue weighted by Gasteiger charge is 2.41. The first kappa shape index (κ1) is 15.8. The van der Waals surface area contributed by atoms with Crippen molar-refractivity contribution in [3.63, 3.8) is 0 Å². The Balaban J connectivity index is 2.48. The Kier molecular flexibility index (Phi) is 5.46. The third-order valence-corrected chi connectivity index (χ3v) is 4.44. The van der Waals surface area contributed by atoms with Gasteiger partial charge in [-0.1, -0.05) is 13.8 Å². The number of likely N-dealkylation sites (tertiary alicyclic amines) is 1. The van der Waals surface area contributed by atoms with Crippen molar-refractivity contribution in [2.24, 2.45) is 11.3 Å². The molecule has 0 aromatic heterocycles. The van der Waals surface area contributed by atoms with Gasteiger partial charge in [0.05, 0.1) is 5.92 Å². The lowest BCUT2D eigenvalue weighted by atomic mass is 9.82. The van der Waals surface area contributed by atoms with Gasteiger partial charge in [-0.2, -0.15) is 13.2 Å². The molecule has 0 aliphatic carbocycles. The Morgan fingerprint density at radius 1 is 1.11 bits per heavy atom. The predicted octanol–water partition coefficient (Wildman–Crippen LogP) is 3.06. The van der Waals surface area contributed by atoms with Crippen molar-refractivity contribution in [1.29, 1.82) is 0 Å². The molecule has 1 rings (SSSR count). The number of nitrogens with zero attached hydrogens (tertiary/aromatic N) is 1. The van der Waals surface area contributed by atoms with Gasteiger partial charge in [0.15, 0.2) is 0 Å². The maximum atomic E-state index is 12.5. The second-order valence-corrected chi connectivity index (χ2v) is 5.46. The summed E-state index contributed by atoms with van der Waals surface area (Å²) in [6.07, 6.45) is -1.94. The zero-order valence-electron chi connectivity index (χ0n) is 11.3. The molecule has 1 aliphatic heterocycles. The van der Waals surface area contributed by atoms with Gasteiger partial charge in [-0.05, 0) is 38.8 Å². The van der Waals surface area contributed by atoms with Crippen LogP contribution in [0.5, 0.6) is 0 Å². The molecule has 0 atom stereocenters. The molecule has 0 radical (unpaired) electrons. The van der Waals surface area contributed by atoms with Crippen LogP contribution in [0.4, 0.5) is 13.2 Å². The summed E-state index contributed by atoms with van der Waals surface area (Å²) in [5.74, 6) is -1.14. The van der Waals surface area contributed by atoms with E-state index in [0.29, 0.717) is 19.6 Å². The minimum absolute atomic E-state index is 0.110. The van der Waals surface area contributed by atoms with Crippen LogP contribution in [0.3, 0.4) is 0 Å². The first-order valence-corrected chi connectivity index (χ1v) is 6.77. The van der Waals surface area contributed by atoms with E-state index in [4.69, 9.17) is 0 Å². The molecule has 0 amide bonds. The molecule has 1 saturated heterocycles. The number of hydrogen-bond donors (Lipinski definition) is 1. The van der Waals surface area contributed by atoms with Crippen molar-refractivity contribution in [2.75, 3.05) is 26.2 Å². The van der Waals surface area contributed by atoms with Crippen LogP contribution in [0.2, 0.25) is 0 Å². The lowest BCUT2D eigenvalue weighted by Crippen LogP contribution is -2.45. The average molecular weight is 267 g/mol. The summed E-state index contributed by atoms with van der Waals surface area (Å²) in [6, 6.07) is 0. The number of hydrogen-bond acceptors (Lipinski definition) is 2. The van der Waals surface area contributed by atoms with Gasteiger partial charge in [0.25, 0.3) is 0 Å². The SMILES string of the molecule is CCC(CC)(CO)CN1CCC(C(F)(F)F)CC1. The minimum Gasteiger partial charge on any atom is -0.396 e. The minimum atomic E-state index is -4.05. The highest BCUT2D eigenvalue weighted by Crippen LogP contribution is 2.35. The summed E-state index contributed by atoms with van der Waals surface area (Å²) in [4.78, 5) is 2.07. The first-order chi connectivity index (χ1) is 8.37. The molecule has 1 fully saturated rings. The Morgan fingerprint density at radius 3 is 1.94 bits per heavy atom. The third-order valence-electron chi connectivity index (χ3n) is 4.44. The lowest BCUT2D eigenvalue weighted by molar-refractivity contribution is -0.185. The Morgan fingerprint density at radius 2 is 1.61 bits per heavy atom. The van der Waals surface area contributed by atoms with E-state index in [-0.39, 0.29) is 24.9 Å². The molecule has 1 heterocycles. The Labute approximate surface area is 107 Å². The molecule has 0 aromatic rings. The number of piperidine rings is 1. The van der Waals surface area contributed by atoms with Crippen LogP contribution in [-0.2, 0) is 0 Å². The normalized spacial score (nSPS) is 20.3. The van der Waals surface area contributed by atoms with Crippen molar-refractivity contribution in [2.45, 2.75) is 45.7 Å². The van der Waals surface area contributed by atoms with E-state index in [2.05, 4.69) is 4.90 Å². The summed E-state index contributed by atoms with van der Waals surface area (Å²) in [6.45, 7) is 5.86. The maximum Gasteiger partial charge on any atom is 0.391 e. The van der Waals surface area contributed by atoms with Gasteiger partial charge in [0.2, 0.25) is 0 Å². The number of aliphatic hydroxyl groups is 1. The van der Waals surface area contributed by atoms with Crippen molar-refractivity contribution < 1.29 is 18.3 Å². The van der Waals surface area contributed by atoms with E-state index >= 15 is 0 Å². The standard InChI is InChI=1S/C13H24F3NO/c1-3-12(4-2,10-18)9-17-7-5-11(6-8-17)13(14,15)16/h11,18H,3-10H2,1-2H3. The summed E-state index contributed by atoms with van der Waals surface area (Å²) in [5.41, 5.74) is -0.148. The lowest BCUT2D eigenvalue weighted by Gasteiger charge is -2.39. The fraction of sp³-hybridized carbons (Fsp3) is 1.00. The molecular formula is C13H24F3NO. The molecule has 0 spiro atoms. The zero-order chi connectivity index (χ0) is 13.8. The van der Waals surface area contributed by atoms with Gasteiger partial charge >= 0.3 is 6.18 Å². The average Bonchev–Trinajstić information content (AvgIpc) is 2.36. The summed E-state index contributed by atoms with van der Waals surface area (Å²) in [5, 5.41) is 9.48. The van der Waals surface area contributed by atoms with Crippen molar-refractivity contribution in [1.82, 2.24) is 4.90 Å². The predicted molar refractivity (Wildman–Crippen MR) is 65.3 cm³/mol. The van der Waals surface area contributed by atoms with Crippen LogP contribution in [0.25, 0.3) is 0 Å². The van der Waals surface area contributed by atoms with Gasteiger partial charge in [0, 0.05) is 18.6 Å². The second-order valence-electron chi connectivity index (χ2n) is 5.46. The molecule has 5 heteroatoms. The highest BCUT2D eigenvalue weighted by atomic mass is 19.4. The van der Waals surface area contributed by atoms with Crippen LogP contribution >= 0.6 is 0 Å². The Hall–Kier alpha value is -0.290. The van der Waals surface area contributed by atoms with Crippen molar-refractivity contribution in [3.8, 4) is 0 Å². The largest absolute Gasteiger partial charge is 0.396 e. The van der Waals surface area contributed by atoms with Crippen LogP contribution < -0.4 is 0 Å². The summed E-state index contributed by atoms with van der Waals surface area (Å²) in [7, 11) is 0.